The van der Waals surface area contributed by atoms with Gasteiger partial charge in [-0.25, -0.2) is 0 Å². The molecule has 2 amide bonds. The van der Waals surface area contributed by atoms with Crippen LogP contribution in [0.5, 0.6) is 0 Å². The summed E-state index contributed by atoms with van der Waals surface area (Å²) in [5.41, 5.74) is 1.41. The zero-order valence-electron chi connectivity index (χ0n) is 15.1. The fourth-order valence-corrected chi connectivity index (χ4v) is 2.54. The van der Waals surface area contributed by atoms with E-state index in [0.717, 1.165) is 0 Å². The third kappa shape index (κ3) is 4.14. The fraction of sp³-hybridized carbons (Fsp3) is 0. The van der Waals surface area contributed by atoms with Crippen molar-refractivity contribution < 1.29 is 9.59 Å². The van der Waals surface area contributed by atoms with Crippen LogP contribution in [-0.2, 0) is 0 Å². The van der Waals surface area contributed by atoms with Crippen LogP contribution in [0.2, 0.25) is 0 Å². The van der Waals surface area contributed by atoms with Crippen molar-refractivity contribution in [2.45, 2.75) is 0 Å². The minimum atomic E-state index is -0.409. The number of rotatable bonds is 5. The van der Waals surface area contributed by atoms with Gasteiger partial charge in [-0.3, -0.25) is 30.2 Å². The van der Waals surface area contributed by atoms with E-state index in [9.17, 15) is 9.59 Å². The average molecular weight is 385 g/mol. The van der Waals surface area contributed by atoms with Crippen molar-refractivity contribution in [1.29, 1.82) is 0 Å². The van der Waals surface area contributed by atoms with Gasteiger partial charge in [-0.05, 0) is 36.4 Å². The summed E-state index contributed by atoms with van der Waals surface area (Å²) in [6.07, 6.45) is 6.04. The van der Waals surface area contributed by atoms with Crippen LogP contribution in [0, 0.1) is 0 Å². The molecule has 9 nitrogen and oxygen atoms in total. The maximum absolute atomic E-state index is 12.5. The topological polar surface area (TPSA) is 115 Å². The highest BCUT2D eigenvalue weighted by Gasteiger charge is 2.17. The molecule has 3 heterocycles. The molecule has 4 rings (SSSR count). The van der Waals surface area contributed by atoms with Gasteiger partial charge in [-0.2, -0.15) is 9.67 Å². The van der Waals surface area contributed by atoms with Gasteiger partial charge < -0.3 is 0 Å². The monoisotopic (exact) mass is 385 g/mol. The maximum Gasteiger partial charge on any atom is 0.259 e. The summed E-state index contributed by atoms with van der Waals surface area (Å²) in [5.74, 6) is -0.600. The Balaban J connectivity index is 1.64. The Labute approximate surface area is 165 Å². The Morgan fingerprint density at radius 2 is 1.38 bits per heavy atom. The summed E-state index contributed by atoms with van der Waals surface area (Å²) >= 11 is 0. The van der Waals surface area contributed by atoms with Gasteiger partial charge in [-0.1, -0.05) is 18.2 Å². The molecule has 1 aromatic carbocycles. The van der Waals surface area contributed by atoms with Crippen molar-refractivity contribution in [3.8, 4) is 5.69 Å². The van der Waals surface area contributed by atoms with Crippen LogP contribution in [0.1, 0.15) is 20.7 Å². The lowest BCUT2D eigenvalue weighted by Crippen LogP contribution is -2.16. The summed E-state index contributed by atoms with van der Waals surface area (Å²) in [6.45, 7) is 0. The molecule has 2 N–H and O–H groups in total. The number of nitrogens with zero attached hydrogens (tertiary/aromatic N) is 5. The van der Waals surface area contributed by atoms with Crippen LogP contribution >= 0.6 is 0 Å². The van der Waals surface area contributed by atoms with Crippen molar-refractivity contribution in [1.82, 2.24) is 24.7 Å². The highest BCUT2D eigenvalue weighted by atomic mass is 16.2. The van der Waals surface area contributed by atoms with Crippen LogP contribution in [0.3, 0.4) is 0 Å². The molecule has 142 valence electrons. The largest absolute Gasteiger partial charge is 0.290 e. The molecule has 0 saturated heterocycles. The first kappa shape index (κ1) is 18.0. The summed E-state index contributed by atoms with van der Waals surface area (Å²) in [4.78, 5) is 37.0. The Bertz CT molecular complexity index is 1130. The number of nitrogens with one attached hydrogen (secondary N) is 2. The molecule has 4 aromatic rings. The second kappa shape index (κ2) is 8.09. The molecular formula is C20H15N7O2. The first-order valence-corrected chi connectivity index (χ1v) is 8.66. The number of pyridine rings is 2. The van der Waals surface area contributed by atoms with Gasteiger partial charge in [0.15, 0.2) is 0 Å². The third-order valence-corrected chi connectivity index (χ3v) is 3.91. The molecule has 0 aliphatic rings. The molecule has 0 aliphatic carbocycles. The zero-order valence-corrected chi connectivity index (χ0v) is 15.1. The van der Waals surface area contributed by atoms with E-state index in [0.29, 0.717) is 16.8 Å². The molecule has 0 spiro atoms. The van der Waals surface area contributed by atoms with E-state index in [1.807, 2.05) is 18.2 Å². The van der Waals surface area contributed by atoms with Crippen molar-refractivity contribution >= 4 is 23.7 Å². The lowest BCUT2D eigenvalue weighted by molar-refractivity contribution is 0.101. The van der Waals surface area contributed by atoms with E-state index >= 15 is 0 Å². The van der Waals surface area contributed by atoms with Gasteiger partial charge in [0.05, 0.1) is 16.8 Å². The first-order chi connectivity index (χ1) is 14.2. The van der Waals surface area contributed by atoms with Gasteiger partial charge >= 0.3 is 0 Å². The van der Waals surface area contributed by atoms with Crippen molar-refractivity contribution in [3.05, 3.63) is 90.5 Å². The standard InChI is InChI=1S/C20H15N7O2/c28-17(14-6-4-10-21-12-14)23-19-25-20(24-18(29)15-7-5-11-22-13-15)27(26-19)16-8-2-1-3-9-16/h1-13H,(H2,23,24,25,26,28,29). The lowest BCUT2D eigenvalue weighted by Gasteiger charge is -2.06. The summed E-state index contributed by atoms with van der Waals surface area (Å²) in [6, 6.07) is 15.7. The minimum Gasteiger partial charge on any atom is -0.290 e. The molecule has 0 fully saturated rings. The Kier molecular flexibility index (Phi) is 5.02. The van der Waals surface area contributed by atoms with Crippen LogP contribution in [0.15, 0.2) is 79.4 Å². The number of hydrogen-bond donors (Lipinski definition) is 2. The number of carbonyl (C=O) groups excluding carboxylic acids is 2. The Morgan fingerprint density at radius 1 is 0.759 bits per heavy atom. The predicted octanol–water partition coefficient (Wildman–Crippen LogP) is 2.56. The SMILES string of the molecule is O=C(Nc1nc(NC(=O)c2cccnc2)n(-c2ccccc2)n1)c1cccnc1. The van der Waals surface area contributed by atoms with E-state index in [1.165, 1.54) is 17.1 Å². The number of amides is 2. The van der Waals surface area contributed by atoms with Crippen molar-refractivity contribution in [2.75, 3.05) is 10.6 Å². The molecule has 9 heteroatoms. The predicted molar refractivity (Wildman–Crippen MR) is 106 cm³/mol. The van der Waals surface area contributed by atoms with Gasteiger partial charge in [-0.15, -0.1) is 5.10 Å². The van der Waals surface area contributed by atoms with E-state index < -0.39 is 11.8 Å². The van der Waals surface area contributed by atoms with Gasteiger partial charge in [0.25, 0.3) is 17.8 Å². The summed E-state index contributed by atoms with van der Waals surface area (Å²) in [7, 11) is 0. The molecule has 0 radical (unpaired) electrons. The number of benzene rings is 1. The summed E-state index contributed by atoms with van der Waals surface area (Å²) in [5, 5.41) is 9.64. The molecule has 0 bridgehead atoms. The van der Waals surface area contributed by atoms with E-state index in [4.69, 9.17) is 0 Å². The normalized spacial score (nSPS) is 10.3. The van der Waals surface area contributed by atoms with Crippen LogP contribution < -0.4 is 10.6 Å². The second-order valence-electron chi connectivity index (χ2n) is 5.90. The maximum atomic E-state index is 12.5. The summed E-state index contributed by atoms with van der Waals surface area (Å²) < 4.78 is 1.44. The van der Waals surface area contributed by atoms with Crippen molar-refractivity contribution in [2.24, 2.45) is 0 Å². The molecule has 0 saturated carbocycles. The van der Waals surface area contributed by atoms with Crippen LogP contribution in [0.25, 0.3) is 5.69 Å². The van der Waals surface area contributed by atoms with Gasteiger partial charge in [0, 0.05) is 24.8 Å². The molecule has 0 atom stereocenters. The van der Waals surface area contributed by atoms with Crippen LogP contribution in [-0.4, -0.2) is 36.5 Å². The Morgan fingerprint density at radius 3 is 1.97 bits per heavy atom. The fourth-order valence-electron chi connectivity index (χ4n) is 2.54. The number of carbonyl (C=O) groups is 2. The number of hydrogen-bond acceptors (Lipinski definition) is 6. The Hall–Kier alpha value is -4.40. The molecule has 29 heavy (non-hydrogen) atoms. The van der Waals surface area contributed by atoms with Gasteiger partial charge in [0.2, 0.25) is 5.95 Å². The highest BCUT2D eigenvalue weighted by molar-refractivity contribution is 6.04. The quantitative estimate of drug-likeness (QED) is 0.546. The molecule has 0 unspecified atom stereocenters. The van der Waals surface area contributed by atoms with E-state index in [2.05, 4.69) is 30.7 Å². The van der Waals surface area contributed by atoms with Gasteiger partial charge in [0.1, 0.15) is 0 Å². The van der Waals surface area contributed by atoms with E-state index in [-0.39, 0.29) is 11.9 Å². The second-order valence-corrected chi connectivity index (χ2v) is 5.90. The number of anilines is 2. The first-order valence-electron chi connectivity index (χ1n) is 8.66. The van der Waals surface area contributed by atoms with Crippen molar-refractivity contribution in [3.63, 3.8) is 0 Å². The van der Waals surface area contributed by atoms with Crippen LogP contribution in [0.4, 0.5) is 11.9 Å². The molecule has 0 aliphatic heterocycles. The third-order valence-electron chi connectivity index (χ3n) is 3.91. The zero-order chi connectivity index (χ0) is 20.1. The lowest BCUT2D eigenvalue weighted by atomic mass is 10.3. The number of para-hydroxylation sites is 1. The van der Waals surface area contributed by atoms with E-state index in [1.54, 1.807) is 48.8 Å². The minimum absolute atomic E-state index is 0.0455. The molecule has 3 aromatic heterocycles. The average Bonchev–Trinajstić information content (AvgIpc) is 3.17. The number of aromatic nitrogens is 5. The molecular weight excluding hydrogens is 370 g/mol. The smallest absolute Gasteiger partial charge is 0.259 e. The highest BCUT2D eigenvalue weighted by Crippen LogP contribution is 2.17.